The van der Waals surface area contributed by atoms with Gasteiger partial charge in [-0.3, -0.25) is 0 Å². The first kappa shape index (κ1) is 9.61. The maximum atomic E-state index is 4.22. The highest BCUT2D eigenvalue weighted by molar-refractivity contribution is 7.05. The van der Waals surface area contributed by atoms with Crippen molar-refractivity contribution in [3.8, 4) is 0 Å². The van der Waals surface area contributed by atoms with Crippen molar-refractivity contribution in [3.05, 3.63) is 11.3 Å². The summed E-state index contributed by atoms with van der Waals surface area (Å²) in [6.07, 6.45) is 2.74. The van der Waals surface area contributed by atoms with E-state index in [1.165, 1.54) is 11.5 Å². The summed E-state index contributed by atoms with van der Waals surface area (Å²) in [6.45, 7) is 4.36. The molecule has 0 aromatic carbocycles. The van der Waals surface area contributed by atoms with E-state index in [1.54, 1.807) is 6.33 Å². The Morgan fingerprint density at radius 2 is 2.42 bits per heavy atom. The third-order valence-electron chi connectivity index (χ3n) is 2.19. The van der Waals surface area contributed by atoms with E-state index in [9.17, 15) is 0 Å². The van der Waals surface area contributed by atoms with Gasteiger partial charge in [0, 0.05) is 12.0 Å². The summed E-state index contributed by atoms with van der Waals surface area (Å²) in [6, 6.07) is 0.475. The van der Waals surface area contributed by atoms with E-state index in [2.05, 4.69) is 28.5 Å². The Kier molecular flexibility index (Phi) is 3.62. The molecule has 1 rings (SSSR count). The summed E-state index contributed by atoms with van der Waals surface area (Å²) in [5.74, 6) is 0.502. The van der Waals surface area contributed by atoms with Crippen molar-refractivity contribution < 1.29 is 0 Å². The van der Waals surface area contributed by atoms with Crippen LogP contribution in [0, 0.1) is 0 Å². The van der Waals surface area contributed by atoms with Gasteiger partial charge in [0.1, 0.15) is 11.3 Å². The average molecular weight is 185 g/mol. The van der Waals surface area contributed by atoms with E-state index in [4.69, 9.17) is 0 Å². The van der Waals surface area contributed by atoms with Crippen LogP contribution in [0.3, 0.4) is 0 Å². The number of hydrogen-bond acceptors (Lipinski definition) is 4. The number of aromatic nitrogens is 2. The molecule has 2 unspecified atom stereocenters. The highest BCUT2D eigenvalue weighted by atomic mass is 32.1. The van der Waals surface area contributed by atoms with Gasteiger partial charge in [-0.25, -0.2) is 4.98 Å². The Bertz CT molecular complexity index is 210. The molecule has 3 nitrogen and oxygen atoms in total. The lowest BCUT2D eigenvalue weighted by Gasteiger charge is -2.18. The maximum Gasteiger partial charge on any atom is 0.129 e. The molecule has 0 fully saturated rings. The summed E-state index contributed by atoms with van der Waals surface area (Å²) < 4.78 is 4.01. The van der Waals surface area contributed by atoms with Crippen molar-refractivity contribution in [1.82, 2.24) is 14.7 Å². The smallest absolute Gasteiger partial charge is 0.129 e. The molecule has 0 amide bonds. The van der Waals surface area contributed by atoms with E-state index < -0.39 is 0 Å². The molecule has 0 bridgehead atoms. The van der Waals surface area contributed by atoms with Crippen LogP contribution in [0.1, 0.15) is 31.2 Å². The minimum Gasteiger partial charge on any atom is -0.317 e. The fourth-order valence-electron chi connectivity index (χ4n) is 1.29. The monoisotopic (exact) mass is 185 g/mol. The summed E-state index contributed by atoms with van der Waals surface area (Å²) in [5.41, 5.74) is 0. The summed E-state index contributed by atoms with van der Waals surface area (Å²) in [7, 11) is 1.98. The molecule has 0 spiro atoms. The first-order valence-corrected chi connectivity index (χ1v) is 5.00. The summed E-state index contributed by atoms with van der Waals surface area (Å²) in [4.78, 5) is 4.22. The van der Waals surface area contributed by atoms with Gasteiger partial charge in [-0.2, -0.15) is 4.37 Å². The quantitative estimate of drug-likeness (QED) is 0.775. The minimum absolute atomic E-state index is 0.475. The predicted octanol–water partition coefficient (Wildman–Crippen LogP) is 1.64. The van der Waals surface area contributed by atoms with Gasteiger partial charge >= 0.3 is 0 Å². The van der Waals surface area contributed by atoms with Crippen molar-refractivity contribution in [2.75, 3.05) is 7.05 Å². The molecule has 1 aromatic heterocycles. The van der Waals surface area contributed by atoms with E-state index >= 15 is 0 Å². The van der Waals surface area contributed by atoms with E-state index in [0.717, 1.165) is 11.4 Å². The second-order valence-corrected chi connectivity index (χ2v) is 3.68. The molecule has 0 saturated carbocycles. The van der Waals surface area contributed by atoms with Crippen LogP contribution in [-0.4, -0.2) is 22.4 Å². The molecule has 12 heavy (non-hydrogen) atoms. The van der Waals surface area contributed by atoms with E-state index in [-0.39, 0.29) is 0 Å². The molecule has 1 N–H and O–H groups in total. The summed E-state index contributed by atoms with van der Waals surface area (Å²) in [5, 5.41) is 4.38. The highest BCUT2D eigenvalue weighted by Gasteiger charge is 2.18. The third kappa shape index (κ3) is 2.01. The van der Waals surface area contributed by atoms with E-state index in [1.807, 2.05) is 7.05 Å². The zero-order valence-corrected chi connectivity index (χ0v) is 8.56. The maximum absolute atomic E-state index is 4.22. The SMILES string of the molecule is CCC(c1ncns1)C(C)NC. The largest absolute Gasteiger partial charge is 0.317 e. The number of likely N-dealkylation sites (N-methyl/N-ethyl adjacent to an activating group) is 1. The zero-order chi connectivity index (χ0) is 8.97. The number of nitrogens with one attached hydrogen (secondary N) is 1. The van der Waals surface area contributed by atoms with Crippen molar-refractivity contribution in [2.45, 2.75) is 32.2 Å². The van der Waals surface area contributed by atoms with Crippen LogP contribution in [0.4, 0.5) is 0 Å². The van der Waals surface area contributed by atoms with Crippen molar-refractivity contribution in [3.63, 3.8) is 0 Å². The Morgan fingerprint density at radius 1 is 1.67 bits per heavy atom. The Hall–Kier alpha value is -0.480. The van der Waals surface area contributed by atoms with Crippen LogP contribution in [0.15, 0.2) is 6.33 Å². The van der Waals surface area contributed by atoms with Gasteiger partial charge in [-0.15, -0.1) is 0 Å². The summed E-state index contributed by atoms with van der Waals surface area (Å²) >= 11 is 1.50. The molecule has 0 aliphatic rings. The molecule has 68 valence electrons. The molecule has 0 saturated heterocycles. The Balaban J connectivity index is 2.69. The van der Waals surface area contributed by atoms with Crippen LogP contribution in [0.25, 0.3) is 0 Å². The molecular weight excluding hydrogens is 170 g/mol. The minimum atomic E-state index is 0.475. The molecule has 0 radical (unpaired) electrons. The molecular formula is C8H15N3S. The molecule has 1 aromatic rings. The van der Waals surface area contributed by atoms with Gasteiger partial charge < -0.3 is 5.32 Å². The lowest BCUT2D eigenvalue weighted by molar-refractivity contribution is 0.481. The molecule has 1 heterocycles. The first-order valence-electron chi connectivity index (χ1n) is 4.23. The van der Waals surface area contributed by atoms with Crippen LogP contribution in [0.5, 0.6) is 0 Å². The standard InChI is InChI=1S/C8H15N3S/c1-4-7(6(2)9-3)8-10-5-11-12-8/h5-7,9H,4H2,1-3H3. The van der Waals surface area contributed by atoms with Gasteiger partial charge in [-0.1, -0.05) is 6.92 Å². The number of hydrogen-bond donors (Lipinski definition) is 1. The normalized spacial score (nSPS) is 15.9. The van der Waals surface area contributed by atoms with Crippen LogP contribution in [-0.2, 0) is 0 Å². The Morgan fingerprint density at radius 3 is 2.83 bits per heavy atom. The van der Waals surface area contributed by atoms with Gasteiger partial charge in [0.25, 0.3) is 0 Å². The molecule has 0 aliphatic heterocycles. The van der Waals surface area contributed by atoms with Crippen LogP contribution < -0.4 is 5.32 Å². The lowest BCUT2D eigenvalue weighted by atomic mass is 9.99. The lowest BCUT2D eigenvalue weighted by Crippen LogP contribution is -2.28. The predicted molar refractivity (Wildman–Crippen MR) is 51.5 cm³/mol. The van der Waals surface area contributed by atoms with Crippen molar-refractivity contribution >= 4 is 11.5 Å². The average Bonchev–Trinajstić information content (AvgIpc) is 2.58. The first-order chi connectivity index (χ1) is 5.79. The van der Waals surface area contributed by atoms with Crippen LogP contribution in [0.2, 0.25) is 0 Å². The third-order valence-corrected chi connectivity index (χ3v) is 2.99. The number of rotatable bonds is 4. The van der Waals surface area contributed by atoms with Crippen LogP contribution >= 0.6 is 11.5 Å². The van der Waals surface area contributed by atoms with Gasteiger partial charge in [-0.05, 0) is 31.9 Å². The van der Waals surface area contributed by atoms with E-state index in [0.29, 0.717) is 12.0 Å². The number of nitrogens with zero attached hydrogens (tertiary/aromatic N) is 2. The molecule has 0 aliphatic carbocycles. The Labute approximate surface area is 77.4 Å². The fourth-order valence-corrected chi connectivity index (χ4v) is 2.09. The topological polar surface area (TPSA) is 37.8 Å². The fraction of sp³-hybridized carbons (Fsp3) is 0.750. The zero-order valence-electron chi connectivity index (χ0n) is 7.74. The molecule has 4 heteroatoms. The second kappa shape index (κ2) is 4.52. The highest BCUT2D eigenvalue weighted by Crippen LogP contribution is 2.23. The van der Waals surface area contributed by atoms with Gasteiger partial charge in [0.2, 0.25) is 0 Å². The van der Waals surface area contributed by atoms with Gasteiger partial charge in [0.05, 0.1) is 0 Å². The van der Waals surface area contributed by atoms with Crippen molar-refractivity contribution in [2.24, 2.45) is 0 Å². The van der Waals surface area contributed by atoms with Crippen molar-refractivity contribution in [1.29, 1.82) is 0 Å². The second-order valence-electron chi connectivity index (χ2n) is 2.87. The van der Waals surface area contributed by atoms with Gasteiger partial charge in [0.15, 0.2) is 0 Å². The molecule has 2 atom stereocenters.